The van der Waals surface area contributed by atoms with Crippen LogP contribution in [0, 0.1) is 5.92 Å². The van der Waals surface area contributed by atoms with Gasteiger partial charge in [0.05, 0.1) is 6.42 Å². The van der Waals surface area contributed by atoms with Crippen molar-refractivity contribution < 1.29 is 62.2 Å². The van der Waals surface area contributed by atoms with Crippen LogP contribution in [0.25, 0.3) is 0 Å². The highest BCUT2D eigenvalue weighted by atomic mass is 19.4. The van der Waals surface area contributed by atoms with Gasteiger partial charge in [-0.1, -0.05) is 75.4 Å². The summed E-state index contributed by atoms with van der Waals surface area (Å²) < 4.78 is 179. The summed E-state index contributed by atoms with van der Waals surface area (Å²) in [6, 6.07) is 11.4. The van der Waals surface area contributed by atoms with Gasteiger partial charge < -0.3 is 5.11 Å². The standard InChI is InChI=1S/C26H25F13O/c1-15(2)12-17-8-7-11-19(13-17)20(40,16(3)18-9-5-4-6-10-18)14-21(27,28)22(29,30)23(31,32)24(33,34)25(35,36)26(37,38)39/h4-11,13,15-16,40H,12,14H2,1-3H3. The van der Waals surface area contributed by atoms with Crippen LogP contribution < -0.4 is 0 Å². The predicted octanol–water partition coefficient (Wildman–Crippen LogP) is 9.01. The quantitative estimate of drug-likeness (QED) is 0.255. The first-order chi connectivity index (χ1) is 17.9. The lowest BCUT2D eigenvalue weighted by molar-refractivity contribution is -0.441. The van der Waals surface area contributed by atoms with E-state index >= 15 is 8.78 Å². The zero-order chi connectivity index (χ0) is 31.2. The highest BCUT2D eigenvalue weighted by molar-refractivity contribution is 5.34. The van der Waals surface area contributed by atoms with Crippen molar-refractivity contribution in [1.82, 2.24) is 0 Å². The molecule has 2 unspecified atom stereocenters. The highest BCUT2D eigenvalue weighted by Crippen LogP contribution is 2.62. The second-order valence-corrected chi connectivity index (χ2v) is 10.0. The van der Waals surface area contributed by atoms with Crippen molar-refractivity contribution in [1.29, 1.82) is 0 Å². The fraction of sp³-hybridized carbons (Fsp3) is 0.538. The van der Waals surface area contributed by atoms with Crippen LogP contribution in [0.5, 0.6) is 0 Å². The molecule has 1 N–H and O–H groups in total. The lowest BCUT2D eigenvalue weighted by Gasteiger charge is -2.43. The molecule has 2 aromatic rings. The molecule has 0 aliphatic rings. The summed E-state index contributed by atoms with van der Waals surface area (Å²) in [7, 11) is 0. The summed E-state index contributed by atoms with van der Waals surface area (Å²) in [6.45, 7) is 4.53. The molecule has 2 rings (SSSR count). The van der Waals surface area contributed by atoms with Gasteiger partial charge in [0.1, 0.15) is 5.60 Å². The Morgan fingerprint density at radius 2 is 1.12 bits per heavy atom. The molecule has 0 radical (unpaired) electrons. The van der Waals surface area contributed by atoms with Crippen molar-refractivity contribution in [2.75, 3.05) is 0 Å². The number of benzene rings is 2. The van der Waals surface area contributed by atoms with E-state index in [2.05, 4.69) is 0 Å². The predicted molar refractivity (Wildman–Crippen MR) is 119 cm³/mol. The van der Waals surface area contributed by atoms with E-state index in [1.54, 1.807) is 13.8 Å². The largest absolute Gasteiger partial charge is 0.460 e. The Balaban J connectivity index is 2.71. The molecule has 0 bridgehead atoms. The smallest absolute Gasteiger partial charge is 0.384 e. The van der Waals surface area contributed by atoms with E-state index in [9.17, 15) is 53.4 Å². The Morgan fingerprint density at radius 3 is 1.60 bits per heavy atom. The molecule has 226 valence electrons. The zero-order valence-corrected chi connectivity index (χ0v) is 21.1. The van der Waals surface area contributed by atoms with Crippen LogP contribution in [-0.2, 0) is 12.0 Å². The third-order valence-corrected chi connectivity index (χ3v) is 6.58. The molecule has 0 aromatic heterocycles. The van der Waals surface area contributed by atoms with Gasteiger partial charge in [0.25, 0.3) is 0 Å². The van der Waals surface area contributed by atoms with Gasteiger partial charge >= 0.3 is 35.8 Å². The van der Waals surface area contributed by atoms with Crippen LogP contribution >= 0.6 is 0 Å². The SMILES string of the molecule is CC(C)Cc1cccc(C(O)(CC(F)(F)C(F)(F)C(F)(F)C(F)(F)C(F)(F)C(F)(F)F)C(C)c2ccccc2)c1. The summed E-state index contributed by atoms with van der Waals surface area (Å²) in [5, 5.41) is 11.4. The molecule has 0 saturated heterocycles. The fourth-order valence-electron chi connectivity index (χ4n) is 4.21. The third-order valence-electron chi connectivity index (χ3n) is 6.58. The molecule has 1 nitrogen and oxygen atoms in total. The lowest BCUT2D eigenvalue weighted by atomic mass is 9.73. The Morgan fingerprint density at radius 1 is 0.625 bits per heavy atom. The van der Waals surface area contributed by atoms with Crippen molar-refractivity contribution >= 4 is 0 Å². The second-order valence-electron chi connectivity index (χ2n) is 10.0. The monoisotopic (exact) mass is 600 g/mol. The summed E-state index contributed by atoms with van der Waals surface area (Å²) in [5.41, 5.74) is -3.39. The van der Waals surface area contributed by atoms with Crippen LogP contribution in [0.1, 0.15) is 49.8 Å². The summed E-state index contributed by atoms with van der Waals surface area (Å²) in [5.74, 6) is -39.4. The first-order valence-corrected chi connectivity index (χ1v) is 11.7. The normalized spacial score (nSPS) is 16.6. The number of hydrogen-bond acceptors (Lipinski definition) is 1. The first-order valence-electron chi connectivity index (χ1n) is 11.7. The average molecular weight is 600 g/mol. The van der Waals surface area contributed by atoms with Crippen LogP contribution in [0.4, 0.5) is 57.1 Å². The van der Waals surface area contributed by atoms with E-state index in [0.717, 1.165) is 19.1 Å². The molecule has 0 saturated carbocycles. The Labute approximate surface area is 221 Å². The van der Waals surface area contributed by atoms with Crippen LogP contribution in [-0.4, -0.2) is 40.9 Å². The highest BCUT2D eigenvalue weighted by Gasteiger charge is 2.90. The van der Waals surface area contributed by atoms with Gasteiger partial charge in [-0.15, -0.1) is 0 Å². The number of alkyl halides is 13. The molecule has 2 atom stereocenters. The minimum Gasteiger partial charge on any atom is -0.384 e. The number of halogens is 13. The molecule has 0 spiro atoms. The van der Waals surface area contributed by atoms with E-state index in [0.29, 0.717) is 5.56 Å². The minimum atomic E-state index is -8.01. The van der Waals surface area contributed by atoms with Gasteiger partial charge in [-0.05, 0) is 29.0 Å². The van der Waals surface area contributed by atoms with Gasteiger partial charge in [0, 0.05) is 5.92 Å². The molecule has 0 aliphatic carbocycles. The van der Waals surface area contributed by atoms with Gasteiger partial charge in [0.2, 0.25) is 0 Å². The fourth-order valence-corrected chi connectivity index (χ4v) is 4.21. The van der Waals surface area contributed by atoms with Gasteiger partial charge in [-0.2, -0.15) is 57.1 Å². The molecule has 14 heteroatoms. The molecule has 0 fully saturated rings. The maximum atomic E-state index is 15.0. The maximum Gasteiger partial charge on any atom is 0.460 e. The summed E-state index contributed by atoms with van der Waals surface area (Å²) in [4.78, 5) is 0. The number of hydrogen-bond donors (Lipinski definition) is 1. The van der Waals surface area contributed by atoms with Gasteiger partial charge in [0.15, 0.2) is 0 Å². The first kappa shape index (κ1) is 33.7. The van der Waals surface area contributed by atoms with Crippen molar-refractivity contribution in [2.45, 2.75) is 80.9 Å². The molecular formula is C26H25F13O. The Kier molecular flexibility index (Phi) is 9.03. The topological polar surface area (TPSA) is 20.2 Å². The number of aliphatic hydroxyl groups is 1. The van der Waals surface area contributed by atoms with Gasteiger partial charge in [-0.25, -0.2) is 0 Å². The van der Waals surface area contributed by atoms with E-state index < -0.39 is 59.3 Å². The van der Waals surface area contributed by atoms with Crippen molar-refractivity contribution in [3.8, 4) is 0 Å². The van der Waals surface area contributed by atoms with E-state index in [-0.39, 0.29) is 17.9 Å². The zero-order valence-electron chi connectivity index (χ0n) is 21.1. The van der Waals surface area contributed by atoms with E-state index in [1.807, 2.05) is 0 Å². The summed E-state index contributed by atoms with van der Waals surface area (Å²) >= 11 is 0. The minimum absolute atomic E-state index is 0.000858. The summed E-state index contributed by atoms with van der Waals surface area (Å²) in [6.07, 6.45) is -9.98. The molecule has 40 heavy (non-hydrogen) atoms. The van der Waals surface area contributed by atoms with Crippen molar-refractivity contribution in [3.63, 3.8) is 0 Å². The third kappa shape index (κ3) is 5.64. The van der Waals surface area contributed by atoms with Crippen LogP contribution in [0.2, 0.25) is 0 Å². The molecule has 0 aliphatic heterocycles. The molecule has 2 aromatic carbocycles. The van der Waals surface area contributed by atoms with Crippen molar-refractivity contribution in [3.05, 3.63) is 71.3 Å². The van der Waals surface area contributed by atoms with Crippen molar-refractivity contribution in [2.24, 2.45) is 5.92 Å². The Bertz CT molecular complexity index is 1140. The molecular weight excluding hydrogens is 575 g/mol. The average Bonchev–Trinajstić information content (AvgIpc) is 2.82. The van der Waals surface area contributed by atoms with Crippen LogP contribution in [0.15, 0.2) is 54.6 Å². The van der Waals surface area contributed by atoms with Gasteiger partial charge in [-0.3, -0.25) is 0 Å². The Hall–Kier alpha value is -2.51. The maximum absolute atomic E-state index is 15.0. The van der Waals surface area contributed by atoms with E-state index in [4.69, 9.17) is 0 Å². The molecule has 0 heterocycles. The molecule has 0 amide bonds. The lowest BCUT2D eigenvalue weighted by Crippen LogP contribution is -2.70. The van der Waals surface area contributed by atoms with E-state index in [1.165, 1.54) is 42.5 Å². The second kappa shape index (κ2) is 10.7. The number of rotatable bonds is 11. The van der Waals surface area contributed by atoms with Crippen LogP contribution in [0.3, 0.4) is 0 Å².